The Bertz CT molecular complexity index is 794. The minimum absolute atomic E-state index is 0.0546. The Morgan fingerprint density at radius 1 is 1.38 bits per heavy atom. The molecule has 2 aliphatic heterocycles. The Morgan fingerprint density at radius 2 is 2.21 bits per heavy atom. The molecule has 0 saturated carbocycles. The fourth-order valence-corrected chi connectivity index (χ4v) is 5.36. The molecule has 1 aromatic heterocycles. The highest BCUT2D eigenvalue weighted by molar-refractivity contribution is 14.1. The number of amidine groups is 1. The SMILES string of the molecule is C[C@H]1CN2C(=N[C@H](c3ccccn3)[C@@H]2c2cc(Cl)c(O)c(I)c2)S1. The second-order valence-corrected chi connectivity index (χ2v) is 8.94. The predicted molar refractivity (Wildman–Crippen MR) is 107 cm³/mol. The van der Waals surface area contributed by atoms with Gasteiger partial charge in [0.15, 0.2) is 5.17 Å². The van der Waals surface area contributed by atoms with Crippen molar-refractivity contribution in [1.29, 1.82) is 0 Å². The highest BCUT2D eigenvalue weighted by atomic mass is 127. The van der Waals surface area contributed by atoms with Crippen LogP contribution in [0.3, 0.4) is 0 Å². The van der Waals surface area contributed by atoms with Gasteiger partial charge in [-0.2, -0.15) is 0 Å². The van der Waals surface area contributed by atoms with Gasteiger partial charge in [0.05, 0.1) is 20.3 Å². The van der Waals surface area contributed by atoms with Crippen LogP contribution in [0.25, 0.3) is 0 Å². The topological polar surface area (TPSA) is 48.7 Å². The highest BCUT2D eigenvalue weighted by Crippen LogP contribution is 2.48. The lowest BCUT2D eigenvalue weighted by molar-refractivity contribution is 0.321. The summed E-state index contributed by atoms with van der Waals surface area (Å²) in [6, 6.07) is 9.77. The molecule has 0 aliphatic carbocycles. The number of aromatic hydroxyl groups is 1. The molecular formula is C17H15ClIN3OS. The number of halogens is 2. The van der Waals surface area contributed by atoms with E-state index >= 15 is 0 Å². The van der Waals surface area contributed by atoms with Crippen LogP contribution in [0.2, 0.25) is 5.02 Å². The summed E-state index contributed by atoms with van der Waals surface area (Å²) in [4.78, 5) is 11.8. The van der Waals surface area contributed by atoms with Crippen LogP contribution in [-0.4, -0.2) is 32.0 Å². The van der Waals surface area contributed by atoms with E-state index in [4.69, 9.17) is 16.6 Å². The van der Waals surface area contributed by atoms with Crippen molar-refractivity contribution in [3.63, 3.8) is 0 Å². The third kappa shape index (κ3) is 2.78. The number of phenolic OH excluding ortho intramolecular Hbond substituents is 1. The molecule has 7 heteroatoms. The minimum atomic E-state index is -0.0578. The van der Waals surface area contributed by atoms with Crippen LogP contribution in [0.4, 0.5) is 0 Å². The number of aromatic nitrogens is 1. The van der Waals surface area contributed by atoms with E-state index in [1.165, 1.54) is 0 Å². The van der Waals surface area contributed by atoms with Crippen molar-refractivity contribution >= 4 is 51.1 Å². The zero-order chi connectivity index (χ0) is 16.8. The number of aliphatic imine (C=N–C) groups is 1. The number of hydrogen-bond acceptors (Lipinski definition) is 5. The first-order chi connectivity index (χ1) is 11.5. The molecule has 4 nitrogen and oxygen atoms in total. The van der Waals surface area contributed by atoms with Crippen LogP contribution in [0.5, 0.6) is 5.75 Å². The third-order valence-corrected chi connectivity index (χ3v) is 6.47. The molecular weight excluding hydrogens is 457 g/mol. The van der Waals surface area contributed by atoms with Gasteiger partial charge < -0.3 is 10.0 Å². The Balaban J connectivity index is 1.81. The van der Waals surface area contributed by atoms with Gasteiger partial charge in [-0.05, 0) is 52.4 Å². The quantitative estimate of drug-likeness (QED) is 0.649. The molecule has 0 amide bonds. The summed E-state index contributed by atoms with van der Waals surface area (Å²) in [5.74, 6) is 0.138. The smallest absolute Gasteiger partial charge is 0.160 e. The molecule has 24 heavy (non-hydrogen) atoms. The summed E-state index contributed by atoms with van der Waals surface area (Å²) in [6.07, 6.45) is 1.80. The molecule has 1 fully saturated rings. The largest absolute Gasteiger partial charge is 0.505 e. The summed E-state index contributed by atoms with van der Waals surface area (Å²) < 4.78 is 0.753. The maximum Gasteiger partial charge on any atom is 0.160 e. The molecule has 1 N–H and O–H groups in total. The summed E-state index contributed by atoms with van der Waals surface area (Å²) in [6.45, 7) is 3.17. The van der Waals surface area contributed by atoms with Crippen molar-refractivity contribution in [2.75, 3.05) is 6.54 Å². The highest BCUT2D eigenvalue weighted by Gasteiger charge is 2.43. The molecule has 3 heterocycles. The number of rotatable bonds is 2. The lowest BCUT2D eigenvalue weighted by atomic mass is 9.96. The third-order valence-electron chi connectivity index (χ3n) is 4.26. The second kappa shape index (κ2) is 6.38. The minimum Gasteiger partial charge on any atom is -0.505 e. The van der Waals surface area contributed by atoms with Crippen LogP contribution in [0.1, 0.15) is 30.3 Å². The number of nitrogens with zero attached hydrogens (tertiary/aromatic N) is 3. The van der Waals surface area contributed by atoms with Gasteiger partial charge in [-0.15, -0.1) is 0 Å². The normalized spacial score (nSPS) is 25.7. The molecule has 1 aromatic carbocycles. The first-order valence-corrected chi connectivity index (χ1v) is 9.98. The molecule has 4 rings (SSSR count). The zero-order valence-corrected chi connectivity index (χ0v) is 16.6. The number of hydrogen-bond donors (Lipinski definition) is 1. The molecule has 124 valence electrons. The maximum atomic E-state index is 9.99. The van der Waals surface area contributed by atoms with E-state index in [1.54, 1.807) is 6.20 Å². The van der Waals surface area contributed by atoms with Crippen molar-refractivity contribution in [3.8, 4) is 5.75 Å². The molecule has 3 atom stereocenters. The Hall–Kier alpha value is -0.990. The number of pyridine rings is 1. The van der Waals surface area contributed by atoms with Gasteiger partial charge in [0.25, 0.3) is 0 Å². The van der Waals surface area contributed by atoms with Crippen molar-refractivity contribution < 1.29 is 5.11 Å². The maximum absolute atomic E-state index is 9.99. The van der Waals surface area contributed by atoms with Gasteiger partial charge in [0, 0.05) is 18.0 Å². The number of fused-ring (bicyclic) bond motifs is 1. The Morgan fingerprint density at radius 3 is 2.92 bits per heavy atom. The predicted octanol–water partition coefficient (Wildman–Crippen LogP) is 4.63. The fraction of sp³-hybridized carbons (Fsp3) is 0.294. The van der Waals surface area contributed by atoms with Crippen LogP contribution in [0.15, 0.2) is 41.5 Å². The zero-order valence-electron chi connectivity index (χ0n) is 12.9. The van der Waals surface area contributed by atoms with Crippen molar-refractivity contribution in [2.45, 2.75) is 24.3 Å². The number of thioether (sulfide) groups is 1. The molecule has 0 bridgehead atoms. The number of benzene rings is 1. The summed E-state index contributed by atoms with van der Waals surface area (Å²) in [5, 5.41) is 12.0. The van der Waals surface area contributed by atoms with Crippen LogP contribution in [-0.2, 0) is 0 Å². The summed E-state index contributed by atoms with van der Waals surface area (Å²) in [7, 11) is 0. The van der Waals surface area contributed by atoms with E-state index in [0.717, 1.165) is 26.5 Å². The van der Waals surface area contributed by atoms with Gasteiger partial charge in [0.2, 0.25) is 0 Å². The number of phenols is 1. The van der Waals surface area contributed by atoms with E-state index in [-0.39, 0.29) is 17.8 Å². The van der Waals surface area contributed by atoms with Crippen molar-refractivity contribution in [3.05, 3.63) is 56.4 Å². The van der Waals surface area contributed by atoms with Gasteiger partial charge in [-0.1, -0.05) is 36.4 Å². The van der Waals surface area contributed by atoms with Gasteiger partial charge in [-0.25, -0.2) is 0 Å². The first kappa shape index (κ1) is 16.5. The second-order valence-electron chi connectivity index (χ2n) is 5.97. The van der Waals surface area contributed by atoms with Gasteiger partial charge in [0.1, 0.15) is 11.8 Å². The lowest BCUT2D eigenvalue weighted by Crippen LogP contribution is -2.28. The van der Waals surface area contributed by atoms with E-state index in [9.17, 15) is 5.11 Å². The van der Waals surface area contributed by atoms with Crippen molar-refractivity contribution in [1.82, 2.24) is 9.88 Å². The van der Waals surface area contributed by atoms with E-state index in [2.05, 4.69) is 39.4 Å². The average molecular weight is 472 g/mol. The standard InChI is InChI=1S/C17H15ClIN3OS/c1-9-8-22-15(10-6-11(18)16(23)12(19)7-10)14(21-17(22)24-9)13-4-2-3-5-20-13/h2-7,9,14-15,23H,8H2,1H3/t9-,14+,15-/m0/s1. The van der Waals surface area contributed by atoms with Crippen LogP contribution < -0.4 is 0 Å². The van der Waals surface area contributed by atoms with E-state index in [1.807, 2.05) is 42.1 Å². The molecule has 0 spiro atoms. The molecule has 2 aromatic rings. The van der Waals surface area contributed by atoms with Crippen LogP contribution >= 0.6 is 46.0 Å². The monoisotopic (exact) mass is 471 g/mol. The Labute approximate surface area is 163 Å². The molecule has 0 radical (unpaired) electrons. The van der Waals surface area contributed by atoms with Gasteiger partial charge >= 0.3 is 0 Å². The van der Waals surface area contributed by atoms with Crippen LogP contribution in [0, 0.1) is 3.57 Å². The average Bonchev–Trinajstić information content (AvgIpc) is 3.08. The van der Waals surface area contributed by atoms with Gasteiger partial charge in [-0.3, -0.25) is 9.98 Å². The lowest BCUT2D eigenvalue weighted by Gasteiger charge is -2.27. The molecule has 2 aliphatic rings. The summed E-state index contributed by atoms with van der Waals surface area (Å²) >= 11 is 10.2. The van der Waals surface area contributed by atoms with E-state index < -0.39 is 0 Å². The van der Waals surface area contributed by atoms with Crippen molar-refractivity contribution in [2.24, 2.45) is 4.99 Å². The summed E-state index contributed by atoms with van der Waals surface area (Å²) in [5.41, 5.74) is 2.02. The molecule has 1 saturated heterocycles. The first-order valence-electron chi connectivity index (χ1n) is 7.64. The fourth-order valence-electron chi connectivity index (χ4n) is 3.23. The Kier molecular flexibility index (Phi) is 4.38. The van der Waals surface area contributed by atoms with E-state index in [0.29, 0.717) is 10.3 Å². The molecule has 0 unspecified atom stereocenters.